The van der Waals surface area contributed by atoms with Crippen LogP contribution >= 0.6 is 15.9 Å². The summed E-state index contributed by atoms with van der Waals surface area (Å²) in [6, 6.07) is 0. The first kappa shape index (κ1) is 5.50. The first-order chi connectivity index (χ1) is 3.83. The SMILES string of the molecule is C=Cc1n[nH]c(Br)n1. The summed E-state index contributed by atoms with van der Waals surface area (Å²) in [6.07, 6.45) is 1.57. The molecule has 0 bridgehead atoms. The van der Waals surface area contributed by atoms with E-state index in [4.69, 9.17) is 0 Å². The van der Waals surface area contributed by atoms with Crippen LogP contribution in [0.15, 0.2) is 11.3 Å². The van der Waals surface area contributed by atoms with Gasteiger partial charge in [0.15, 0.2) is 10.6 Å². The zero-order valence-corrected chi connectivity index (χ0v) is 5.64. The first-order valence-electron chi connectivity index (χ1n) is 2.03. The van der Waals surface area contributed by atoms with E-state index in [1.165, 1.54) is 0 Å². The van der Waals surface area contributed by atoms with Crippen LogP contribution in [-0.2, 0) is 0 Å². The van der Waals surface area contributed by atoms with E-state index in [2.05, 4.69) is 37.7 Å². The number of aromatic nitrogens is 3. The highest BCUT2D eigenvalue weighted by atomic mass is 79.9. The minimum absolute atomic E-state index is 0.608. The van der Waals surface area contributed by atoms with Crippen molar-refractivity contribution in [1.82, 2.24) is 15.2 Å². The fourth-order valence-electron chi connectivity index (χ4n) is 0.345. The first-order valence-corrected chi connectivity index (χ1v) is 2.82. The van der Waals surface area contributed by atoms with Gasteiger partial charge in [0.05, 0.1) is 0 Å². The van der Waals surface area contributed by atoms with Crippen molar-refractivity contribution in [2.75, 3.05) is 0 Å². The number of H-pyrrole nitrogens is 1. The third-order valence-electron chi connectivity index (χ3n) is 0.658. The summed E-state index contributed by atoms with van der Waals surface area (Å²) in [5.41, 5.74) is 0. The molecule has 0 aliphatic heterocycles. The van der Waals surface area contributed by atoms with E-state index >= 15 is 0 Å². The minimum atomic E-state index is 0.608. The smallest absolute Gasteiger partial charge is 0.193 e. The van der Waals surface area contributed by atoms with Crippen molar-refractivity contribution in [3.63, 3.8) is 0 Å². The minimum Gasteiger partial charge on any atom is -0.253 e. The Morgan fingerprint density at radius 3 is 2.75 bits per heavy atom. The van der Waals surface area contributed by atoms with Crippen molar-refractivity contribution in [2.45, 2.75) is 0 Å². The van der Waals surface area contributed by atoms with Crippen LogP contribution < -0.4 is 0 Å². The highest BCUT2D eigenvalue weighted by molar-refractivity contribution is 9.10. The number of hydrogen-bond acceptors (Lipinski definition) is 2. The van der Waals surface area contributed by atoms with Crippen LogP contribution in [0.1, 0.15) is 5.82 Å². The topological polar surface area (TPSA) is 41.6 Å². The molecule has 1 heterocycles. The molecule has 0 atom stereocenters. The molecule has 0 amide bonds. The molecule has 0 aromatic carbocycles. The Morgan fingerprint density at radius 1 is 1.75 bits per heavy atom. The molecule has 0 fully saturated rings. The number of nitrogens with one attached hydrogen (secondary N) is 1. The molecule has 1 rings (SSSR count). The van der Waals surface area contributed by atoms with Crippen molar-refractivity contribution in [1.29, 1.82) is 0 Å². The van der Waals surface area contributed by atoms with E-state index in [1.54, 1.807) is 6.08 Å². The largest absolute Gasteiger partial charge is 0.253 e. The molecule has 1 N–H and O–H groups in total. The van der Waals surface area contributed by atoms with Gasteiger partial charge in [-0.3, -0.25) is 5.10 Å². The number of nitrogens with zero attached hydrogens (tertiary/aromatic N) is 2. The van der Waals surface area contributed by atoms with Crippen molar-refractivity contribution >= 4 is 22.0 Å². The predicted octanol–water partition coefficient (Wildman–Crippen LogP) is 1.21. The molecule has 42 valence electrons. The maximum atomic E-state index is 3.86. The average Bonchev–Trinajstić information content (AvgIpc) is 2.14. The lowest BCUT2D eigenvalue weighted by Crippen LogP contribution is -1.70. The van der Waals surface area contributed by atoms with E-state index in [9.17, 15) is 0 Å². The van der Waals surface area contributed by atoms with Gasteiger partial charge in [-0.1, -0.05) is 6.58 Å². The Morgan fingerprint density at radius 2 is 2.50 bits per heavy atom. The molecule has 8 heavy (non-hydrogen) atoms. The second-order valence-corrected chi connectivity index (χ2v) is 1.94. The Balaban J connectivity index is 3.00. The summed E-state index contributed by atoms with van der Waals surface area (Å²) in [4.78, 5) is 3.86. The molecular weight excluding hydrogens is 170 g/mol. The van der Waals surface area contributed by atoms with Gasteiger partial charge in [-0.25, -0.2) is 4.98 Å². The highest BCUT2D eigenvalue weighted by Gasteiger charge is 1.90. The van der Waals surface area contributed by atoms with E-state index in [-0.39, 0.29) is 0 Å². The van der Waals surface area contributed by atoms with Crippen molar-refractivity contribution in [3.8, 4) is 0 Å². The summed E-state index contributed by atoms with van der Waals surface area (Å²) in [5.74, 6) is 0.608. The molecule has 1 aromatic rings. The summed E-state index contributed by atoms with van der Waals surface area (Å²) in [6.45, 7) is 3.48. The number of hydrogen-bond donors (Lipinski definition) is 1. The molecule has 0 saturated carbocycles. The van der Waals surface area contributed by atoms with Crippen LogP contribution in [0.4, 0.5) is 0 Å². The maximum Gasteiger partial charge on any atom is 0.193 e. The summed E-state index contributed by atoms with van der Waals surface area (Å²) in [7, 11) is 0. The van der Waals surface area contributed by atoms with E-state index < -0.39 is 0 Å². The van der Waals surface area contributed by atoms with Crippen LogP contribution in [0.2, 0.25) is 0 Å². The predicted molar refractivity (Wildman–Crippen MR) is 34.2 cm³/mol. The Hall–Kier alpha value is -0.640. The van der Waals surface area contributed by atoms with Crippen LogP contribution in [0.25, 0.3) is 6.08 Å². The molecule has 0 unspecified atom stereocenters. The zero-order chi connectivity index (χ0) is 5.98. The van der Waals surface area contributed by atoms with E-state index in [0.29, 0.717) is 10.6 Å². The van der Waals surface area contributed by atoms with Crippen molar-refractivity contribution in [3.05, 3.63) is 17.1 Å². The fourth-order valence-corrected chi connectivity index (χ4v) is 0.616. The zero-order valence-electron chi connectivity index (χ0n) is 4.06. The number of aromatic amines is 1. The van der Waals surface area contributed by atoms with Gasteiger partial charge >= 0.3 is 0 Å². The third-order valence-corrected chi connectivity index (χ3v) is 1.01. The van der Waals surface area contributed by atoms with Crippen molar-refractivity contribution < 1.29 is 0 Å². The number of halogens is 1. The maximum absolute atomic E-state index is 3.86. The quantitative estimate of drug-likeness (QED) is 0.695. The van der Waals surface area contributed by atoms with Gasteiger partial charge in [0.2, 0.25) is 0 Å². The van der Waals surface area contributed by atoms with Crippen LogP contribution in [0.3, 0.4) is 0 Å². The lowest BCUT2D eigenvalue weighted by atomic mass is 10.6. The molecule has 0 saturated heterocycles. The molecule has 4 heteroatoms. The lowest BCUT2D eigenvalue weighted by molar-refractivity contribution is 1.06. The van der Waals surface area contributed by atoms with Crippen LogP contribution in [-0.4, -0.2) is 15.2 Å². The van der Waals surface area contributed by atoms with Gasteiger partial charge in [0.1, 0.15) is 0 Å². The molecule has 0 aliphatic carbocycles. The average molecular weight is 174 g/mol. The second-order valence-electron chi connectivity index (χ2n) is 1.19. The lowest BCUT2D eigenvalue weighted by Gasteiger charge is -1.69. The standard InChI is InChI=1S/C4H4BrN3/c1-2-3-6-4(5)8-7-3/h2H,1H2,(H,6,7,8). The molecule has 0 aliphatic rings. The van der Waals surface area contributed by atoms with E-state index in [1.807, 2.05) is 0 Å². The fraction of sp³-hybridized carbons (Fsp3) is 0. The molecule has 3 nitrogen and oxygen atoms in total. The molecule has 1 aromatic heterocycles. The van der Waals surface area contributed by atoms with Gasteiger partial charge in [-0.15, -0.1) is 0 Å². The Labute approximate surface area is 55.0 Å². The van der Waals surface area contributed by atoms with Crippen LogP contribution in [0, 0.1) is 0 Å². The molecule has 0 radical (unpaired) electrons. The summed E-state index contributed by atoms with van der Waals surface area (Å²) < 4.78 is 0.632. The Kier molecular flexibility index (Phi) is 1.43. The normalized spacial score (nSPS) is 9.12. The van der Waals surface area contributed by atoms with Gasteiger partial charge < -0.3 is 0 Å². The van der Waals surface area contributed by atoms with Gasteiger partial charge in [-0.2, -0.15) is 5.10 Å². The second kappa shape index (κ2) is 2.09. The monoisotopic (exact) mass is 173 g/mol. The van der Waals surface area contributed by atoms with Crippen LogP contribution in [0.5, 0.6) is 0 Å². The number of rotatable bonds is 1. The van der Waals surface area contributed by atoms with Crippen molar-refractivity contribution in [2.24, 2.45) is 0 Å². The summed E-state index contributed by atoms with van der Waals surface area (Å²) >= 11 is 3.10. The highest BCUT2D eigenvalue weighted by Crippen LogP contribution is 1.99. The third kappa shape index (κ3) is 0.949. The Bertz CT molecular complexity index is 193. The molecule has 0 spiro atoms. The summed E-state index contributed by atoms with van der Waals surface area (Å²) in [5, 5.41) is 6.34. The van der Waals surface area contributed by atoms with Gasteiger partial charge in [0, 0.05) is 0 Å². The van der Waals surface area contributed by atoms with E-state index in [0.717, 1.165) is 0 Å². The molecular formula is C4H4BrN3. The van der Waals surface area contributed by atoms with Gasteiger partial charge in [-0.05, 0) is 22.0 Å². The van der Waals surface area contributed by atoms with Gasteiger partial charge in [0.25, 0.3) is 0 Å².